The first-order chi connectivity index (χ1) is 8.00. The number of nitrogen functional groups attached to an aromatic ring is 1. The van der Waals surface area contributed by atoms with Crippen LogP contribution in [0, 0.1) is 0 Å². The monoisotopic (exact) mass is 257 g/mol. The van der Waals surface area contributed by atoms with E-state index in [1.807, 2.05) is 0 Å². The molecule has 3 N–H and O–H groups in total. The number of carbonyl (C=O) groups excluding carboxylic acids is 1. The van der Waals surface area contributed by atoms with Crippen molar-refractivity contribution in [2.45, 2.75) is 26.3 Å². The van der Waals surface area contributed by atoms with E-state index in [0.29, 0.717) is 22.7 Å². The van der Waals surface area contributed by atoms with Gasteiger partial charge >= 0.3 is 0 Å². The van der Waals surface area contributed by atoms with Gasteiger partial charge in [-0.1, -0.05) is 11.3 Å². The van der Waals surface area contributed by atoms with E-state index in [0.717, 1.165) is 24.3 Å². The average molecular weight is 257 g/mol. The molecular formula is C10H19N5OS. The maximum absolute atomic E-state index is 11.6. The van der Waals surface area contributed by atoms with Crippen LogP contribution in [-0.4, -0.2) is 47.2 Å². The fourth-order valence-electron chi connectivity index (χ4n) is 1.19. The van der Waals surface area contributed by atoms with Gasteiger partial charge in [0.25, 0.3) is 5.91 Å². The predicted octanol–water partition coefficient (Wildman–Crippen LogP) is 0.580. The Kier molecular flexibility index (Phi) is 5.30. The van der Waals surface area contributed by atoms with E-state index in [4.69, 9.17) is 5.73 Å². The molecule has 1 amide bonds. The lowest BCUT2D eigenvalue weighted by Gasteiger charge is -2.20. The number of nitrogens with two attached hydrogens (primary N) is 1. The van der Waals surface area contributed by atoms with E-state index < -0.39 is 0 Å². The van der Waals surface area contributed by atoms with Crippen LogP contribution in [0.4, 0.5) is 5.13 Å². The molecule has 0 radical (unpaired) electrons. The van der Waals surface area contributed by atoms with Crippen molar-refractivity contribution < 1.29 is 4.79 Å². The van der Waals surface area contributed by atoms with Gasteiger partial charge in [-0.05, 0) is 33.9 Å². The summed E-state index contributed by atoms with van der Waals surface area (Å²) in [5, 5.41) is 10.7. The molecule has 6 nitrogen and oxygen atoms in total. The van der Waals surface area contributed by atoms with Crippen LogP contribution in [0.2, 0.25) is 0 Å². The topological polar surface area (TPSA) is 84.1 Å². The van der Waals surface area contributed by atoms with Crippen molar-refractivity contribution >= 4 is 22.4 Å². The summed E-state index contributed by atoms with van der Waals surface area (Å²) >= 11 is 1.10. The van der Waals surface area contributed by atoms with Crippen molar-refractivity contribution in [3.05, 3.63) is 5.01 Å². The summed E-state index contributed by atoms with van der Waals surface area (Å²) < 4.78 is 0. The third kappa shape index (κ3) is 4.66. The summed E-state index contributed by atoms with van der Waals surface area (Å²) in [6.45, 7) is 5.87. The summed E-state index contributed by atoms with van der Waals surface area (Å²) in [6, 6.07) is 0.522. The number of anilines is 1. The Bertz CT molecular complexity index is 365. The summed E-state index contributed by atoms with van der Waals surface area (Å²) in [5.74, 6) is -0.202. The number of nitrogens with zero attached hydrogens (tertiary/aromatic N) is 3. The highest BCUT2D eigenvalue weighted by Gasteiger charge is 2.10. The SMILES string of the molecule is CC(C)N(C)CCCNC(=O)c1nnc(N)s1. The third-order valence-corrected chi connectivity index (χ3v) is 3.24. The van der Waals surface area contributed by atoms with Crippen LogP contribution in [0.25, 0.3) is 0 Å². The second-order valence-electron chi connectivity index (χ2n) is 4.13. The zero-order chi connectivity index (χ0) is 12.8. The molecule has 0 unspecified atom stereocenters. The van der Waals surface area contributed by atoms with Crippen LogP contribution >= 0.6 is 11.3 Å². The van der Waals surface area contributed by atoms with Crippen LogP contribution in [-0.2, 0) is 0 Å². The molecular weight excluding hydrogens is 238 g/mol. The van der Waals surface area contributed by atoms with E-state index in [9.17, 15) is 4.79 Å². The fraction of sp³-hybridized carbons (Fsp3) is 0.700. The lowest BCUT2D eigenvalue weighted by Crippen LogP contribution is -2.31. The van der Waals surface area contributed by atoms with Gasteiger partial charge in [-0.3, -0.25) is 4.79 Å². The molecule has 7 heteroatoms. The minimum Gasteiger partial charge on any atom is -0.374 e. The molecule has 1 aromatic heterocycles. The lowest BCUT2D eigenvalue weighted by molar-refractivity contribution is 0.0950. The number of nitrogens with one attached hydrogen (secondary N) is 1. The second-order valence-corrected chi connectivity index (χ2v) is 5.14. The molecule has 0 aliphatic carbocycles. The Labute approximate surface area is 105 Å². The number of hydrogen-bond acceptors (Lipinski definition) is 6. The predicted molar refractivity (Wildman–Crippen MR) is 69.0 cm³/mol. The van der Waals surface area contributed by atoms with Crippen LogP contribution in [0.3, 0.4) is 0 Å². The van der Waals surface area contributed by atoms with Gasteiger partial charge in [0.1, 0.15) is 0 Å². The zero-order valence-corrected chi connectivity index (χ0v) is 11.3. The van der Waals surface area contributed by atoms with Crippen molar-refractivity contribution in [3.63, 3.8) is 0 Å². The maximum Gasteiger partial charge on any atom is 0.282 e. The highest BCUT2D eigenvalue weighted by atomic mass is 32.1. The highest BCUT2D eigenvalue weighted by molar-refractivity contribution is 7.16. The molecule has 1 aromatic rings. The lowest BCUT2D eigenvalue weighted by atomic mass is 10.3. The smallest absolute Gasteiger partial charge is 0.282 e. The van der Waals surface area contributed by atoms with Crippen molar-refractivity contribution in [2.24, 2.45) is 0 Å². The van der Waals surface area contributed by atoms with Gasteiger partial charge in [0.05, 0.1) is 0 Å². The number of hydrogen-bond donors (Lipinski definition) is 2. The molecule has 0 saturated heterocycles. The quantitative estimate of drug-likeness (QED) is 0.728. The Morgan fingerprint density at radius 2 is 2.24 bits per heavy atom. The zero-order valence-electron chi connectivity index (χ0n) is 10.4. The molecule has 1 rings (SSSR count). The standard InChI is InChI=1S/C10H19N5OS/c1-7(2)15(3)6-4-5-12-8(16)9-13-14-10(11)17-9/h7H,4-6H2,1-3H3,(H2,11,14)(H,12,16). The number of carbonyl (C=O) groups is 1. The van der Waals surface area contributed by atoms with Gasteiger partial charge in [-0.25, -0.2) is 0 Å². The molecule has 0 fully saturated rings. The summed E-state index contributed by atoms with van der Waals surface area (Å²) in [4.78, 5) is 13.8. The minimum atomic E-state index is -0.202. The van der Waals surface area contributed by atoms with Crippen molar-refractivity contribution in [3.8, 4) is 0 Å². The van der Waals surface area contributed by atoms with E-state index >= 15 is 0 Å². The Balaban J connectivity index is 2.21. The van der Waals surface area contributed by atoms with Crippen molar-refractivity contribution in [1.29, 1.82) is 0 Å². The molecule has 0 aliphatic heterocycles. The first-order valence-corrected chi connectivity index (χ1v) is 6.39. The van der Waals surface area contributed by atoms with Gasteiger partial charge in [0.15, 0.2) is 0 Å². The fourth-order valence-corrected chi connectivity index (χ4v) is 1.72. The Hall–Kier alpha value is -1.21. The number of aromatic nitrogens is 2. The van der Waals surface area contributed by atoms with E-state index in [1.165, 1.54) is 0 Å². The van der Waals surface area contributed by atoms with Crippen LogP contribution in [0.1, 0.15) is 30.1 Å². The van der Waals surface area contributed by atoms with E-state index in [1.54, 1.807) is 0 Å². The summed E-state index contributed by atoms with van der Waals surface area (Å²) in [6.07, 6.45) is 0.911. The molecule has 0 aromatic carbocycles. The molecule has 17 heavy (non-hydrogen) atoms. The highest BCUT2D eigenvalue weighted by Crippen LogP contribution is 2.10. The third-order valence-electron chi connectivity index (χ3n) is 2.49. The molecule has 0 aliphatic rings. The minimum absolute atomic E-state index is 0.202. The normalized spacial score (nSPS) is 11.1. The molecule has 0 spiro atoms. The van der Waals surface area contributed by atoms with Gasteiger partial charge in [0, 0.05) is 12.6 Å². The van der Waals surface area contributed by atoms with Gasteiger partial charge in [0.2, 0.25) is 10.1 Å². The molecule has 0 bridgehead atoms. The van der Waals surface area contributed by atoms with Crippen molar-refractivity contribution in [2.75, 3.05) is 25.9 Å². The molecule has 0 atom stereocenters. The Morgan fingerprint density at radius 3 is 2.76 bits per heavy atom. The van der Waals surface area contributed by atoms with Crippen LogP contribution in [0.5, 0.6) is 0 Å². The van der Waals surface area contributed by atoms with Gasteiger partial charge < -0.3 is 16.0 Å². The second kappa shape index (κ2) is 6.51. The molecule has 1 heterocycles. The largest absolute Gasteiger partial charge is 0.374 e. The molecule has 0 saturated carbocycles. The van der Waals surface area contributed by atoms with E-state index in [-0.39, 0.29) is 5.91 Å². The summed E-state index contributed by atoms with van der Waals surface area (Å²) in [5.41, 5.74) is 5.40. The first-order valence-electron chi connectivity index (χ1n) is 5.58. The average Bonchev–Trinajstić information content (AvgIpc) is 2.70. The van der Waals surface area contributed by atoms with E-state index in [2.05, 4.69) is 41.3 Å². The Morgan fingerprint density at radius 1 is 1.53 bits per heavy atom. The molecule has 96 valence electrons. The van der Waals surface area contributed by atoms with Gasteiger partial charge in [-0.15, -0.1) is 10.2 Å². The first kappa shape index (κ1) is 13.9. The van der Waals surface area contributed by atoms with Crippen LogP contribution in [0.15, 0.2) is 0 Å². The van der Waals surface area contributed by atoms with Gasteiger partial charge in [-0.2, -0.15) is 0 Å². The van der Waals surface area contributed by atoms with Crippen LogP contribution < -0.4 is 11.1 Å². The summed E-state index contributed by atoms with van der Waals surface area (Å²) in [7, 11) is 2.07. The number of rotatable bonds is 6. The number of amides is 1. The maximum atomic E-state index is 11.6. The van der Waals surface area contributed by atoms with Crippen molar-refractivity contribution in [1.82, 2.24) is 20.4 Å².